The Hall–Kier alpha value is -2.68. The molecular formula is C21H29BN4O3. The van der Waals surface area contributed by atoms with Crippen LogP contribution >= 0.6 is 0 Å². The Kier molecular flexibility index (Phi) is 8.86. The second kappa shape index (κ2) is 11.4. The Bertz CT molecular complexity index is 800. The summed E-state index contributed by atoms with van der Waals surface area (Å²) in [4.78, 5) is 12.7. The molecule has 0 saturated carbocycles. The zero-order valence-corrected chi connectivity index (χ0v) is 17.2. The van der Waals surface area contributed by atoms with E-state index >= 15 is 0 Å². The van der Waals surface area contributed by atoms with Crippen LogP contribution in [0.4, 0.5) is 0 Å². The maximum absolute atomic E-state index is 12.7. The van der Waals surface area contributed by atoms with E-state index in [1.165, 1.54) is 0 Å². The molecule has 0 aromatic heterocycles. The van der Waals surface area contributed by atoms with Crippen molar-refractivity contribution >= 4 is 24.7 Å². The van der Waals surface area contributed by atoms with Gasteiger partial charge in [-0.15, -0.1) is 0 Å². The van der Waals surface area contributed by atoms with Crippen LogP contribution < -0.4 is 10.9 Å². The van der Waals surface area contributed by atoms with Crippen molar-refractivity contribution in [2.45, 2.75) is 20.4 Å². The lowest BCUT2D eigenvalue weighted by Gasteiger charge is -2.26. The fourth-order valence-corrected chi connectivity index (χ4v) is 2.80. The Labute approximate surface area is 172 Å². The van der Waals surface area contributed by atoms with Gasteiger partial charge in [-0.3, -0.25) is 14.8 Å². The van der Waals surface area contributed by atoms with Crippen LogP contribution in [0, 0.1) is 5.92 Å². The lowest BCUT2D eigenvalue weighted by Crippen LogP contribution is -2.46. The number of nitrogens with zero attached hydrogens (tertiary/aromatic N) is 3. The number of hydrazone groups is 1. The summed E-state index contributed by atoms with van der Waals surface area (Å²) >= 11 is 0. The Balaban J connectivity index is 2.18. The molecular weight excluding hydrogens is 367 g/mol. The minimum absolute atomic E-state index is 0.0752. The first-order chi connectivity index (χ1) is 13.9. The molecule has 29 heavy (non-hydrogen) atoms. The van der Waals surface area contributed by atoms with Gasteiger partial charge in [-0.05, 0) is 22.5 Å². The van der Waals surface area contributed by atoms with Gasteiger partial charge in [0.2, 0.25) is 0 Å². The van der Waals surface area contributed by atoms with Crippen LogP contribution in [0.5, 0.6) is 0 Å². The highest BCUT2D eigenvalue weighted by Gasteiger charge is 2.17. The van der Waals surface area contributed by atoms with Crippen LogP contribution in [0.15, 0.2) is 59.7 Å². The first-order valence-corrected chi connectivity index (χ1v) is 9.65. The van der Waals surface area contributed by atoms with Crippen LogP contribution in [0.1, 0.15) is 25.0 Å². The number of amides is 1. The average molecular weight is 396 g/mol. The fraction of sp³-hybridized carbons (Fsp3) is 0.333. The van der Waals surface area contributed by atoms with Crippen LogP contribution in [-0.2, 0) is 11.3 Å². The van der Waals surface area contributed by atoms with E-state index in [1.807, 2.05) is 36.4 Å². The summed E-state index contributed by atoms with van der Waals surface area (Å²) in [6.45, 7) is 5.31. The molecule has 0 atom stereocenters. The third-order valence-corrected chi connectivity index (χ3v) is 4.22. The van der Waals surface area contributed by atoms with Gasteiger partial charge in [0, 0.05) is 13.6 Å². The minimum atomic E-state index is -1.54. The number of benzene rings is 2. The molecule has 0 bridgehead atoms. The smallest absolute Gasteiger partial charge is 0.423 e. The topological polar surface area (TPSA) is 88.4 Å². The molecule has 0 unspecified atom stereocenters. The van der Waals surface area contributed by atoms with Crippen LogP contribution in [0.2, 0.25) is 0 Å². The predicted molar refractivity (Wildman–Crippen MR) is 116 cm³/mol. The van der Waals surface area contributed by atoms with Crippen LogP contribution in [0.25, 0.3) is 0 Å². The molecule has 2 rings (SSSR count). The molecule has 0 heterocycles. The predicted octanol–water partition coefficient (Wildman–Crippen LogP) is 0.821. The molecule has 0 radical (unpaired) electrons. The number of rotatable bonds is 10. The van der Waals surface area contributed by atoms with E-state index in [1.54, 1.807) is 41.5 Å². The summed E-state index contributed by atoms with van der Waals surface area (Å²) in [5, 5.41) is 26.5. The fourth-order valence-electron chi connectivity index (χ4n) is 2.80. The van der Waals surface area contributed by atoms with Crippen molar-refractivity contribution < 1.29 is 14.8 Å². The Morgan fingerprint density at radius 3 is 2.52 bits per heavy atom. The first kappa shape index (κ1) is 22.6. The molecule has 0 aliphatic heterocycles. The van der Waals surface area contributed by atoms with Gasteiger partial charge in [-0.25, -0.2) is 5.43 Å². The summed E-state index contributed by atoms with van der Waals surface area (Å²) < 4.78 is 0. The van der Waals surface area contributed by atoms with E-state index in [2.05, 4.69) is 24.4 Å². The monoisotopic (exact) mass is 396 g/mol. The molecule has 2 aromatic rings. The molecule has 154 valence electrons. The highest BCUT2D eigenvalue weighted by Crippen LogP contribution is 2.07. The van der Waals surface area contributed by atoms with Crippen molar-refractivity contribution in [2.75, 3.05) is 20.1 Å². The van der Waals surface area contributed by atoms with Gasteiger partial charge in [0.05, 0.1) is 12.8 Å². The lowest BCUT2D eigenvalue weighted by atomic mass is 9.80. The van der Waals surface area contributed by atoms with E-state index in [0.717, 1.165) is 5.56 Å². The third kappa shape index (κ3) is 7.69. The number of carbonyl (C=O) groups is 1. The van der Waals surface area contributed by atoms with Crippen LogP contribution in [0.3, 0.4) is 0 Å². The Morgan fingerprint density at radius 1 is 1.17 bits per heavy atom. The maximum Gasteiger partial charge on any atom is 0.488 e. The van der Waals surface area contributed by atoms with Crippen molar-refractivity contribution in [3.05, 3.63) is 65.7 Å². The van der Waals surface area contributed by atoms with Crippen molar-refractivity contribution in [3.63, 3.8) is 0 Å². The SMILES string of the molecule is CNN(CC(C)C)C(=O)CN(Cc1ccccc1)/N=C\c1cccc(B(O)O)c1. The molecule has 0 aliphatic rings. The highest BCUT2D eigenvalue weighted by molar-refractivity contribution is 6.58. The van der Waals surface area contributed by atoms with E-state index in [4.69, 9.17) is 0 Å². The molecule has 1 amide bonds. The number of hydrazine groups is 1. The van der Waals surface area contributed by atoms with Gasteiger partial charge in [-0.1, -0.05) is 68.4 Å². The van der Waals surface area contributed by atoms with E-state index in [9.17, 15) is 14.8 Å². The van der Waals surface area contributed by atoms with Gasteiger partial charge < -0.3 is 10.0 Å². The van der Waals surface area contributed by atoms with Crippen molar-refractivity contribution in [2.24, 2.45) is 11.0 Å². The standard InChI is InChI=1S/C21H29BN4O3/c1-17(2)14-26(23-3)21(27)16-25(15-18-8-5-4-6-9-18)24-13-19-10-7-11-20(12-19)22(28)29/h4-13,17,23,28-29H,14-16H2,1-3H3/b24-13-. The molecule has 0 saturated heterocycles. The number of hydrogen-bond donors (Lipinski definition) is 3. The maximum atomic E-state index is 12.7. The van der Waals surface area contributed by atoms with Crippen molar-refractivity contribution in [1.82, 2.24) is 15.4 Å². The largest absolute Gasteiger partial charge is 0.488 e. The normalized spacial score (nSPS) is 11.1. The van der Waals surface area contributed by atoms with Crippen LogP contribution in [-0.4, -0.2) is 59.4 Å². The van der Waals surface area contributed by atoms with Gasteiger partial charge in [-0.2, -0.15) is 5.10 Å². The molecule has 3 N–H and O–H groups in total. The van der Waals surface area contributed by atoms with E-state index < -0.39 is 7.12 Å². The zero-order chi connectivity index (χ0) is 21.2. The summed E-state index contributed by atoms with van der Waals surface area (Å²) in [7, 11) is 0.196. The summed E-state index contributed by atoms with van der Waals surface area (Å²) in [5.74, 6) is 0.263. The quantitative estimate of drug-likeness (QED) is 0.315. The van der Waals surface area contributed by atoms with Gasteiger partial charge in [0.25, 0.3) is 5.91 Å². The van der Waals surface area contributed by atoms with Gasteiger partial charge in [0.1, 0.15) is 6.54 Å². The second-order valence-electron chi connectivity index (χ2n) is 7.22. The number of hydrogen-bond acceptors (Lipinski definition) is 6. The van der Waals surface area contributed by atoms with Crippen molar-refractivity contribution in [3.8, 4) is 0 Å². The van der Waals surface area contributed by atoms with E-state index in [0.29, 0.717) is 30.0 Å². The van der Waals surface area contributed by atoms with Gasteiger partial charge in [0.15, 0.2) is 0 Å². The summed E-state index contributed by atoms with van der Waals surface area (Å²) in [6, 6.07) is 16.6. The number of carbonyl (C=O) groups excluding carboxylic acids is 1. The Morgan fingerprint density at radius 2 is 1.90 bits per heavy atom. The molecule has 8 heteroatoms. The highest BCUT2D eigenvalue weighted by atomic mass is 16.4. The molecule has 2 aromatic carbocycles. The number of nitrogens with one attached hydrogen (secondary N) is 1. The third-order valence-electron chi connectivity index (χ3n) is 4.22. The lowest BCUT2D eigenvalue weighted by molar-refractivity contribution is -0.136. The van der Waals surface area contributed by atoms with Gasteiger partial charge >= 0.3 is 7.12 Å². The molecule has 0 spiro atoms. The molecule has 7 nitrogen and oxygen atoms in total. The zero-order valence-electron chi connectivity index (χ0n) is 17.2. The molecule has 0 aliphatic carbocycles. The summed E-state index contributed by atoms with van der Waals surface area (Å²) in [6.07, 6.45) is 1.62. The first-order valence-electron chi connectivity index (χ1n) is 9.65. The molecule has 0 fully saturated rings. The second-order valence-corrected chi connectivity index (χ2v) is 7.22. The van der Waals surface area contributed by atoms with Crippen molar-refractivity contribution in [1.29, 1.82) is 0 Å². The minimum Gasteiger partial charge on any atom is -0.423 e. The summed E-state index contributed by atoms with van der Waals surface area (Å²) in [5.41, 5.74) is 5.09. The van der Waals surface area contributed by atoms with E-state index in [-0.39, 0.29) is 12.5 Å². The average Bonchev–Trinajstić information content (AvgIpc) is 2.71.